The van der Waals surface area contributed by atoms with Crippen LogP contribution in [0.1, 0.15) is 66.2 Å². The van der Waals surface area contributed by atoms with E-state index < -0.39 is 0 Å². The van der Waals surface area contributed by atoms with E-state index in [4.69, 9.17) is 4.42 Å². The molecule has 2 rings (SSSR count). The van der Waals surface area contributed by atoms with Crippen LogP contribution in [-0.2, 0) is 6.54 Å². The highest BCUT2D eigenvalue weighted by Gasteiger charge is 2.30. The lowest BCUT2D eigenvalue weighted by molar-refractivity contribution is 0.219. The Balaban J connectivity index is 1.91. The summed E-state index contributed by atoms with van der Waals surface area (Å²) >= 11 is 0. The predicted octanol–water partition coefficient (Wildman–Crippen LogP) is 3.36. The number of hydrogen-bond acceptors (Lipinski definition) is 5. The zero-order chi connectivity index (χ0) is 15.7. The molecule has 1 aliphatic carbocycles. The van der Waals surface area contributed by atoms with Gasteiger partial charge < -0.3 is 14.6 Å². The Morgan fingerprint density at radius 2 is 1.86 bits per heavy atom. The van der Waals surface area contributed by atoms with Crippen LogP contribution in [0.25, 0.3) is 0 Å². The van der Waals surface area contributed by atoms with Crippen LogP contribution in [-0.4, -0.2) is 28.8 Å². The van der Waals surface area contributed by atoms with Crippen LogP contribution in [0.4, 0.5) is 6.01 Å². The molecule has 0 atom stereocenters. The van der Waals surface area contributed by atoms with Crippen molar-refractivity contribution in [3.05, 3.63) is 5.89 Å². The highest BCUT2D eigenvalue weighted by atomic mass is 16.4. The summed E-state index contributed by atoms with van der Waals surface area (Å²) in [5, 5.41) is 11.7. The maximum atomic E-state index is 5.79. The molecule has 0 amide bonds. The van der Waals surface area contributed by atoms with Gasteiger partial charge in [-0.15, -0.1) is 5.10 Å². The van der Waals surface area contributed by atoms with Gasteiger partial charge in [-0.2, -0.15) is 0 Å². The maximum Gasteiger partial charge on any atom is 0.318 e. The third-order valence-electron chi connectivity index (χ3n) is 4.38. The van der Waals surface area contributed by atoms with Crippen LogP contribution in [0.15, 0.2) is 4.42 Å². The van der Waals surface area contributed by atoms with E-state index in [0.717, 1.165) is 0 Å². The average Bonchev–Trinajstić information content (AvgIpc) is 2.83. The third kappa shape index (κ3) is 4.70. The normalized spacial score (nSPS) is 19.7. The van der Waals surface area contributed by atoms with Crippen LogP contribution in [0.2, 0.25) is 0 Å². The highest BCUT2D eigenvalue weighted by molar-refractivity contribution is 5.25. The van der Waals surface area contributed by atoms with Gasteiger partial charge in [0.25, 0.3) is 0 Å². The van der Waals surface area contributed by atoms with Crippen LogP contribution in [0, 0.1) is 5.41 Å². The number of aromatic nitrogens is 2. The first-order chi connectivity index (χ1) is 9.66. The van der Waals surface area contributed by atoms with Gasteiger partial charge >= 0.3 is 6.01 Å². The Hall–Kier alpha value is -1.10. The van der Waals surface area contributed by atoms with E-state index >= 15 is 0 Å². The smallest absolute Gasteiger partial charge is 0.318 e. The largest absolute Gasteiger partial charge is 0.407 e. The molecule has 0 unspecified atom stereocenters. The summed E-state index contributed by atoms with van der Waals surface area (Å²) < 4.78 is 5.79. The fraction of sp³-hybridized carbons (Fsp3) is 0.875. The zero-order valence-corrected chi connectivity index (χ0v) is 14.4. The summed E-state index contributed by atoms with van der Waals surface area (Å²) in [6.07, 6.45) is 4.91. The summed E-state index contributed by atoms with van der Waals surface area (Å²) in [7, 11) is 2.07. The Labute approximate surface area is 128 Å². The van der Waals surface area contributed by atoms with Crippen LogP contribution < -0.4 is 10.2 Å². The first kappa shape index (κ1) is 16.3. The minimum atomic E-state index is 0.0511. The second kappa shape index (κ2) is 5.95. The zero-order valence-electron chi connectivity index (χ0n) is 14.4. The average molecular weight is 294 g/mol. The van der Waals surface area contributed by atoms with Gasteiger partial charge in [-0.05, 0) is 51.9 Å². The third-order valence-corrected chi connectivity index (χ3v) is 4.38. The molecule has 0 radical (unpaired) electrons. The fourth-order valence-corrected chi connectivity index (χ4v) is 2.73. The quantitative estimate of drug-likeness (QED) is 0.922. The van der Waals surface area contributed by atoms with Crippen molar-refractivity contribution < 1.29 is 4.42 Å². The highest BCUT2D eigenvalue weighted by Crippen LogP contribution is 2.37. The second-order valence-electron chi connectivity index (χ2n) is 8.09. The Bertz CT molecular complexity index is 451. The monoisotopic (exact) mass is 294 g/mol. The van der Waals surface area contributed by atoms with Crippen molar-refractivity contribution >= 4 is 6.01 Å². The Morgan fingerprint density at radius 1 is 1.24 bits per heavy atom. The molecular formula is C16H30N4O. The molecule has 120 valence electrons. The molecule has 1 aromatic heterocycles. The predicted molar refractivity (Wildman–Crippen MR) is 85.3 cm³/mol. The molecule has 0 spiro atoms. The van der Waals surface area contributed by atoms with E-state index in [0.29, 0.717) is 29.9 Å². The molecule has 1 aromatic rings. The van der Waals surface area contributed by atoms with Gasteiger partial charge in [0.2, 0.25) is 5.89 Å². The number of nitrogens with zero attached hydrogens (tertiary/aromatic N) is 3. The first-order valence-electron chi connectivity index (χ1n) is 7.97. The topological polar surface area (TPSA) is 54.2 Å². The molecule has 21 heavy (non-hydrogen) atoms. The van der Waals surface area contributed by atoms with Gasteiger partial charge in [-0.3, -0.25) is 0 Å². The van der Waals surface area contributed by atoms with E-state index in [1.54, 1.807) is 0 Å². The van der Waals surface area contributed by atoms with Crippen molar-refractivity contribution in [3.8, 4) is 0 Å². The summed E-state index contributed by atoms with van der Waals surface area (Å²) in [5.41, 5.74) is 0.531. The molecular weight excluding hydrogens is 264 g/mol. The molecule has 1 fully saturated rings. The Kier molecular flexibility index (Phi) is 4.61. The van der Waals surface area contributed by atoms with Gasteiger partial charge in [-0.25, -0.2) is 0 Å². The molecule has 5 nitrogen and oxygen atoms in total. The molecule has 0 aromatic carbocycles. The van der Waals surface area contributed by atoms with E-state index in [1.165, 1.54) is 25.7 Å². The van der Waals surface area contributed by atoms with Crippen molar-refractivity contribution in [2.45, 2.75) is 78.4 Å². The summed E-state index contributed by atoms with van der Waals surface area (Å²) in [5.74, 6) is 0.655. The molecule has 0 saturated heterocycles. The minimum Gasteiger partial charge on any atom is -0.407 e. The van der Waals surface area contributed by atoms with Crippen LogP contribution >= 0.6 is 0 Å². The number of anilines is 1. The lowest BCUT2D eigenvalue weighted by Gasteiger charge is -2.37. The molecule has 0 bridgehead atoms. The molecule has 0 aliphatic heterocycles. The maximum absolute atomic E-state index is 5.79. The van der Waals surface area contributed by atoms with Crippen molar-refractivity contribution in [1.82, 2.24) is 15.5 Å². The van der Waals surface area contributed by atoms with Gasteiger partial charge in [0.1, 0.15) is 0 Å². The van der Waals surface area contributed by atoms with Crippen molar-refractivity contribution in [3.63, 3.8) is 0 Å². The summed E-state index contributed by atoms with van der Waals surface area (Å²) in [4.78, 5) is 2.16. The molecule has 1 aliphatic rings. The van der Waals surface area contributed by atoms with Crippen molar-refractivity contribution in [2.24, 2.45) is 5.41 Å². The lowest BCUT2D eigenvalue weighted by atomic mass is 9.75. The van der Waals surface area contributed by atoms with E-state index in [1.807, 2.05) is 0 Å². The Morgan fingerprint density at radius 3 is 2.43 bits per heavy atom. The second-order valence-corrected chi connectivity index (χ2v) is 8.09. The summed E-state index contributed by atoms with van der Waals surface area (Å²) in [6, 6.07) is 1.16. The number of hydrogen-bond donors (Lipinski definition) is 1. The van der Waals surface area contributed by atoms with Crippen molar-refractivity contribution in [1.29, 1.82) is 0 Å². The molecule has 1 N–H and O–H groups in total. The number of nitrogens with one attached hydrogen (secondary N) is 1. The van der Waals surface area contributed by atoms with Gasteiger partial charge in [0.15, 0.2) is 0 Å². The van der Waals surface area contributed by atoms with Crippen molar-refractivity contribution in [2.75, 3.05) is 11.9 Å². The number of rotatable bonds is 4. The van der Waals surface area contributed by atoms with Gasteiger partial charge in [0, 0.05) is 18.6 Å². The lowest BCUT2D eigenvalue weighted by Crippen LogP contribution is -2.37. The van der Waals surface area contributed by atoms with E-state index in [9.17, 15) is 0 Å². The first-order valence-corrected chi connectivity index (χ1v) is 7.97. The van der Waals surface area contributed by atoms with Crippen LogP contribution in [0.5, 0.6) is 0 Å². The van der Waals surface area contributed by atoms with E-state index in [2.05, 4.69) is 62.1 Å². The van der Waals surface area contributed by atoms with Gasteiger partial charge in [-0.1, -0.05) is 18.9 Å². The van der Waals surface area contributed by atoms with Crippen LogP contribution in [0.3, 0.4) is 0 Å². The fourth-order valence-electron chi connectivity index (χ4n) is 2.73. The molecule has 5 heteroatoms. The molecule has 1 heterocycles. The summed E-state index contributed by atoms with van der Waals surface area (Å²) in [6.45, 7) is 11.7. The van der Waals surface area contributed by atoms with E-state index in [-0.39, 0.29) is 5.54 Å². The minimum absolute atomic E-state index is 0.0511. The molecule has 1 saturated carbocycles. The van der Waals surface area contributed by atoms with Gasteiger partial charge in [0.05, 0.1) is 6.54 Å². The standard InChI is InChI=1S/C16H30N4O/c1-15(2,3)17-11-13-18-19-14(21-13)20(6)12-7-9-16(4,5)10-8-12/h12,17H,7-11H2,1-6H3. The SMILES string of the molecule is CN(c1nnc(CNC(C)(C)C)o1)C1CCC(C)(C)CC1.